The van der Waals surface area contributed by atoms with E-state index in [2.05, 4.69) is 5.32 Å². The summed E-state index contributed by atoms with van der Waals surface area (Å²) in [5.74, 6) is 0.868. The minimum Gasteiger partial charge on any atom is -0.424 e. The first-order chi connectivity index (χ1) is 8.70. The van der Waals surface area contributed by atoms with Gasteiger partial charge in [-0.25, -0.2) is 4.79 Å². The predicted octanol–water partition coefficient (Wildman–Crippen LogP) is 1.67. The third-order valence-corrected chi connectivity index (χ3v) is 4.54. The Balaban J connectivity index is 1.64. The summed E-state index contributed by atoms with van der Waals surface area (Å²) in [6.45, 7) is 2.56. The highest BCUT2D eigenvalue weighted by Gasteiger charge is 2.60. The summed E-state index contributed by atoms with van der Waals surface area (Å²) in [4.78, 5) is 23.4. The van der Waals surface area contributed by atoms with Gasteiger partial charge in [-0.2, -0.15) is 0 Å². The van der Waals surface area contributed by atoms with E-state index in [4.69, 9.17) is 9.47 Å². The van der Waals surface area contributed by atoms with Gasteiger partial charge in [0.05, 0.1) is 5.92 Å². The molecule has 3 fully saturated rings. The molecule has 0 aromatic heterocycles. The summed E-state index contributed by atoms with van der Waals surface area (Å²) < 4.78 is 10.5. The van der Waals surface area contributed by atoms with Crippen molar-refractivity contribution < 1.29 is 19.1 Å². The van der Waals surface area contributed by atoms with Crippen LogP contribution in [0.1, 0.15) is 32.6 Å². The van der Waals surface area contributed by atoms with E-state index >= 15 is 0 Å². The van der Waals surface area contributed by atoms with E-state index in [-0.39, 0.29) is 17.8 Å². The molecule has 0 spiro atoms. The molecule has 0 aromatic rings. The highest BCUT2D eigenvalue weighted by atomic mass is 16.7. The Labute approximate surface area is 106 Å². The normalized spacial score (nSPS) is 40.5. The molecule has 100 valence electrons. The smallest absolute Gasteiger partial charge is 0.410 e. The maximum Gasteiger partial charge on any atom is 0.410 e. The number of nitrogens with one attached hydrogen (secondary N) is 1. The number of carbonyl (C=O) groups is 2. The second-order valence-corrected chi connectivity index (χ2v) is 5.57. The molecule has 1 N–H and O–H groups in total. The van der Waals surface area contributed by atoms with Crippen molar-refractivity contribution >= 4 is 12.1 Å². The fourth-order valence-electron chi connectivity index (χ4n) is 3.83. The molecular formula is C13H19NO4. The fraction of sp³-hybridized carbons (Fsp3) is 0.846. The van der Waals surface area contributed by atoms with E-state index in [1.807, 2.05) is 6.92 Å². The van der Waals surface area contributed by atoms with Crippen molar-refractivity contribution in [2.75, 3.05) is 6.54 Å². The molecule has 1 amide bonds. The predicted molar refractivity (Wildman–Crippen MR) is 62.5 cm³/mol. The van der Waals surface area contributed by atoms with Gasteiger partial charge in [0.1, 0.15) is 0 Å². The quantitative estimate of drug-likeness (QED) is 0.777. The van der Waals surface area contributed by atoms with Crippen molar-refractivity contribution in [2.24, 2.45) is 23.7 Å². The first kappa shape index (κ1) is 11.8. The van der Waals surface area contributed by atoms with Crippen LogP contribution in [-0.2, 0) is 14.3 Å². The van der Waals surface area contributed by atoms with Crippen molar-refractivity contribution in [3.63, 3.8) is 0 Å². The van der Waals surface area contributed by atoms with Crippen molar-refractivity contribution in [1.29, 1.82) is 0 Å². The van der Waals surface area contributed by atoms with Gasteiger partial charge in [0, 0.05) is 12.5 Å². The van der Waals surface area contributed by atoms with Gasteiger partial charge < -0.3 is 14.8 Å². The van der Waals surface area contributed by atoms with Gasteiger partial charge in [-0.1, -0.05) is 6.92 Å². The molecule has 5 atom stereocenters. The zero-order chi connectivity index (χ0) is 12.7. The molecule has 1 saturated heterocycles. The average molecular weight is 253 g/mol. The number of cyclic esters (lactones) is 1. The van der Waals surface area contributed by atoms with E-state index < -0.39 is 12.4 Å². The average Bonchev–Trinajstić information content (AvgIpc) is 3.01. The Morgan fingerprint density at radius 1 is 1.44 bits per heavy atom. The van der Waals surface area contributed by atoms with E-state index in [1.54, 1.807) is 0 Å². The number of fused-ring (bicyclic) bond motifs is 5. The summed E-state index contributed by atoms with van der Waals surface area (Å²) in [7, 11) is 0. The molecule has 2 aliphatic carbocycles. The van der Waals surface area contributed by atoms with Crippen molar-refractivity contribution in [3.8, 4) is 0 Å². The second kappa shape index (κ2) is 4.44. The van der Waals surface area contributed by atoms with Gasteiger partial charge in [-0.15, -0.1) is 0 Å². The summed E-state index contributed by atoms with van der Waals surface area (Å²) >= 11 is 0. The Hall–Kier alpha value is -1.26. The molecular weight excluding hydrogens is 234 g/mol. The Bertz CT molecular complexity index is 370. The minimum atomic E-state index is -0.658. The fourth-order valence-corrected chi connectivity index (χ4v) is 3.83. The SMILES string of the molecule is CCCNC(=O)OC1OC(=O)C2C3CCC(C3)C12. The lowest BCUT2D eigenvalue weighted by Gasteiger charge is -2.24. The van der Waals surface area contributed by atoms with Crippen LogP contribution in [0.4, 0.5) is 4.79 Å². The van der Waals surface area contributed by atoms with Crippen LogP contribution >= 0.6 is 0 Å². The van der Waals surface area contributed by atoms with E-state index in [9.17, 15) is 9.59 Å². The molecule has 0 radical (unpaired) electrons. The molecule has 2 saturated carbocycles. The zero-order valence-electron chi connectivity index (χ0n) is 10.6. The third-order valence-electron chi connectivity index (χ3n) is 4.54. The lowest BCUT2D eigenvalue weighted by atomic mass is 9.81. The summed E-state index contributed by atoms with van der Waals surface area (Å²) in [6.07, 6.45) is 3.08. The van der Waals surface area contributed by atoms with Crippen LogP contribution in [0.15, 0.2) is 0 Å². The molecule has 5 nitrogen and oxygen atoms in total. The van der Waals surface area contributed by atoms with Crippen molar-refractivity contribution in [2.45, 2.75) is 38.9 Å². The number of rotatable bonds is 3. The lowest BCUT2D eigenvalue weighted by Crippen LogP contribution is -2.34. The van der Waals surface area contributed by atoms with Crippen LogP contribution in [-0.4, -0.2) is 24.9 Å². The topological polar surface area (TPSA) is 64.6 Å². The second-order valence-electron chi connectivity index (χ2n) is 5.57. The lowest BCUT2D eigenvalue weighted by molar-refractivity contribution is -0.159. The van der Waals surface area contributed by atoms with Crippen LogP contribution in [0.2, 0.25) is 0 Å². The van der Waals surface area contributed by atoms with Crippen LogP contribution < -0.4 is 5.32 Å². The summed E-state index contributed by atoms with van der Waals surface area (Å²) in [5, 5.41) is 2.65. The zero-order valence-corrected chi connectivity index (χ0v) is 10.6. The third kappa shape index (κ3) is 1.76. The summed E-state index contributed by atoms with van der Waals surface area (Å²) in [5.41, 5.74) is 0. The van der Waals surface area contributed by atoms with Crippen LogP contribution in [0.3, 0.4) is 0 Å². The van der Waals surface area contributed by atoms with Crippen LogP contribution in [0, 0.1) is 23.7 Å². The largest absolute Gasteiger partial charge is 0.424 e. The molecule has 18 heavy (non-hydrogen) atoms. The number of hydrogen-bond donors (Lipinski definition) is 1. The number of alkyl carbamates (subject to hydrolysis) is 1. The Morgan fingerprint density at radius 2 is 2.22 bits per heavy atom. The highest BCUT2D eigenvalue weighted by Crippen LogP contribution is 2.57. The van der Waals surface area contributed by atoms with E-state index in [1.165, 1.54) is 0 Å². The molecule has 0 aromatic carbocycles. The molecule has 2 bridgehead atoms. The number of esters is 1. The molecule has 3 aliphatic rings. The molecule has 1 aliphatic heterocycles. The maximum absolute atomic E-state index is 11.8. The number of carbonyl (C=O) groups excluding carboxylic acids is 2. The van der Waals surface area contributed by atoms with Crippen LogP contribution in [0.25, 0.3) is 0 Å². The minimum absolute atomic E-state index is 0.0206. The number of amides is 1. The molecule has 3 rings (SSSR count). The molecule has 5 heteroatoms. The van der Waals surface area contributed by atoms with Crippen molar-refractivity contribution in [1.82, 2.24) is 5.32 Å². The van der Waals surface area contributed by atoms with E-state index in [0.29, 0.717) is 18.4 Å². The van der Waals surface area contributed by atoms with Crippen molar-refractivity contribution in [3.05, 3.63) is 0 Å². The van der Waals surface area contributed by atoms with E-state index in [0.717, 1.165) is 25.7 Å². The van der Waals surface area contributed by atoms with Gasteiger partial charge in [-0.05, 0) is 37.5 Å². The van der Waals surface area contributed by atoms with Gasteiger partial charge in [-0.3, -0.25) is 4.79 Å². The maximum atomic E-state index is 11.8. The van der Waals surface area contributed by atoms with Gasteiger partial charge >= 0.3 is 12.1 Å². The highest BCUT2D eigenvalue weighted by molar-refractivity contribution is 5.77. The number of hydrogen-bond acceptors (Lipinski definition) is 4. The monoisotopic (exact) mass is 253 g/mol. The van der Waals surface area contributed by atoms with Gasteiger partial charge in [0.25, 0.3) is 6.29 Å². The first-order valence-electron chi connectivity index (χ1n) is 6.85. The Morgan fingerprint density at radius 3 is 3.00 bits per heavy atom. The van der Waals surface area contributed by atoms with Gasteiger partial charge in [0.15, 0.2) is 0 Å². The first-order valence-corrected chi connectivity index (χ1v) is 6.85. The molecule has 5 unspecified atom stereocenters. The standard InChI is InChI=1S/C13H19NO4/c1-2-5-14-13(16)18-12-10-8-4-3-7(6-8)9(10)11(15)17-12/h7-10,12H,2-6H2,1H3,(H,14,16). The summed E-state index contributed by atoms with van der Waals surface area (Å²) in [6, 6.07) is 0. The van der Waals surface area contributed by atoms with Gasteiger partial charge in [0.2, 0.25) is 0 Å². The Kier molecular flexibility index (Phi) is 2.92. The van der Waals surface area contributed by atoms with Crippen LogP contribution in [0.5, 0.6) is 0 Å². The molecule has 1 heterocycles. The number of ether oxygens (including phenoxy) is 2.